The number of likely N-dealkylation sites (N-methyl/N-ethyl adjacent to an activating group) is 1. The highest BCUT2D eigenvalue weighted by molar-refractivity contribution is 5.96. The van der Waals surface area contributed by atoms with Gasteiger partial charge in [-0.05, 0) is 56.6 Å². The van der Waals surface area contributed by atoms with Crippen molar-refractivity contribution >= 4 is 11.6 Å². The fraction of sp³-hybridized carbons (Fsp3) is 0.588. The summed E-state index contributed by atoms with van der Waals surface area (Å²) in [4.78, 5) is 16.6. The van der Waals surface area contributed by atoms with Gasteiger partial charge in [0.15, 0.2) is 0 Å². The molecule has 0 radical (unpaired) electrons. The van der Waals surface area contributed by atoms with Crippen molar-refractivity contribution < 1.29 is 9.53 Å². The van der Waals surface area contributed by atoms with E-state index in [1.807, 2.05) is 24.1 Å². The smallest absolute Gasteiger partial charge is 0.241 e. The minimum absolute atomic E-state index is 0.194. The van der Waals surface area contributed by atoms with E-state index in [2.05, 4.69) is 17.9 Å². The monoisotopic (exact) mass is 290 g/mol. The van der Waals surface area contributed by atoms with Crippen LogP contribution >= 0.6 is 0 Å². The third kappa shape index (κ3) is 3.97. The molecular weight excluding hydrogens is 264 g/mol. The van der Waals surface area contributed by atoms with E-state index in [0.29, 0.717) is 6.54 Å². The Morgan fingerprint density at radius 2 is 2.24 bits per heavy atom. The maximum absolute atomic E-state index is 12.5. The number of nitrogens with zero attached hydrogens (tertiary/aromatic N) is 2. The highest BCUT2D eigenvalue weighted by atomic mass is 16.5. The molecule has 0 saturated heterocycles. The van der Waals surface area contributed by atoms with E-state index in [1.54, 1.807) is 7.11 Å². The number of amides is 1. The molecule has 0 saturated carbocycles. The molecule has 4 nitrogen and oxygen atoms in total. The predicted octanol–water partition coefficient (Wildman–Crippen LogP) is 2.71. The summed E-state index contributed by atoms with van der Waals surface area (Å²) < 4.78 is 5.27. The van der Waals surface area contributed by atoms with Crippen LogP contribution in [-0.2, 0) is 11.2 Å². The van der Waals surface area contributed by atoms with Crippen molar-refractivity contribution in [2.24, 2.45) is 0 Å². The van der Waals surface area contributed by atoms with Gasteiger partial charge in [0.25, 0.3) is 0 Å². The van der Waals surface area contributed by atoms with E-state index in [-0.39, 0.29) is 5.91 Å². The van der Waals surface area contributed by atoms with Crippen molar-refractivity contribution in [1.29, 1.82) is 0 Å². The first-order chi connectivity index (χ1) is 10.2. The predicted molar refractivity (Wildman–Crippen MR) is 86.1 cm³/mol. The molecule has 0 N–H and O–H groups in total. The van der Waals surface area contributed by atoms with E-state index in [0.717, 1.165) is 50.2 Å². The van der Waals surface area contributed by atoms with Gasteiger partial charge in [-0.15, -0.1) is 0 Å². The molecule has 0 bridgehead atoms. The number of unbranched alkanes of at least 4 members (excludes halogenated alkanes) is 1. The van der Waals surface area contributed by atoms with Crippen LogP contribution in [0.15, 0.2) is 18.2 Å². The molecule has 2 rings (SSSR count). The first-order valence-electron chi connectivity index (χ1n) is 7.81. The average Bonchev–Trinajstić information content (AvgIpc) is 2.51. The maximum Gasteiger partial charge on any atom is 0.241 e. The Morgan fingerprint density at radius 3 is 2.95 bits per heavy atom. The molecule has 0 atom stereocenters. The number of hydrogen-bond donors (Lipinski definition) is 0. The first-order valence-corrected chi connectivity index (χ1v) is 7.81. The lowest BCUT2D eigenvalue weighted by Crippen LogP contribution is -2.41. The Morgan fingerprint density at radius 1 is 1.43 bits per heavy atom. The second-order valence-electron chi connectivity index (χ2n) is 5.73. The van der Waals surface area contributed by atoms with Crippen molar-refractivity contribution in [3.05, 3.63) is 23.8 Å². The zero-order valence-corrected chi connectivity index (χ0v) is 13.4. The van der Waals surface area contributed by atoms with Crippen molar-refractivity contribution in [3.63, 3.8) is 0 Å². The van der Waals surface area contributed by atoms with Crippen LogP contribution in [0.3, 0.4) is 0 Å². The molecule has 0 aromatic heterocycles. The second kappa shape index (κ2) is 7.46. The van der Waals surface area contributed by atoms with E-state index < -0.39 is 0 Å². The average molecular weight is 290 g/mol. The van der Waals surface area contributed by atoms with Crippen LogP contribution in [0.25, 0.3) is 0 Å². The molecule has 4 heteroatoms. The van der Waals surface area contributed by atoms with Gasteiger partial charge in [-0.3, -0.25) is 9.69 Å². The first kappa shape index (κ1) is 15.8. The molecular formula is C17H26N2O2. The number of fused-ring (bicyclic) bond motifs is 1. The number of anilines is 1. The zero-order chi connectivity index (χ0) is 15.2. The van der Waals surface area contributed by atoms with Crippen LogP contribution in [0.2, 0.25) is 0 Å². The molecule has 1 aliphatic heterocycles. The van der Waals surface area contributed by atoms with Gasteiger partial charge in [-0.25, -0.2) is 0 Å². The van der Waals surface area contributed by atoms with Crippen LogP contribution in [0.4, 0.5) is 5.69 Å². The number of aryl methyl sites for hydroxylation is 1. The third-order valence-electron chi connectivity index (χ3n) is 4.00. The molecule has 1 aromatic carbocycles. The Bertz CT molecular complexity index is 488. The fourth-order valence-corrected chi connectivity index (χ4v) is 2.78. The van der Waals surface area contributed by atoms with Crippen LogP contribution in [0.1, 0.15) is 31.7 Å². The van der Waals surface area contributed by atoms with Crippen LogP contribution in [0, 0.1) is 0 Å². The topological polar surface area (TPSA) is 32.8 Å². The normalized spacial score (nSPS) is 14.2. The highest BCUT2D eigenvalue weighted by Crippen LogP contribution is 2.30. The number of ether oxygens (including phenoxy) is 1. The molecule has 21 heavy (non-hydrogen) atoms. The van der Waals surface area contributed by atoms with Gasteiger partial charge in [-0.1, -0.05) is 13.3 Å². The van der Waals surface area contributed by atoms with Crippen molar-refractivity contribution in [2.75, 3.05) is 38.7 Å². The van der Waals surface area contributed by atoms with Crippen LogP contribution in [0.5, 0.6) is 5.75 Å². The summed E-state index contributed by atoms with van der Waals surface area (Å²) in [6, 6.07) is 6.00. The molecule has 116 valence electrons. The lowest BCUT2D eigenvalue weighted by molar-refractivity contribution is -0.119. The van der Waals surface area contributed by atoms with Crippen molar-refractivity contribution in [3.8, 4) is 5.75 Å². The van der Waals surface area contributed by atoms with E-state index in [4.69, 9.17) is 4.74 Å². The molecule has 0 unspecified atom stereocenters. The Hall–Kier alpha value is -1.55. The summed E-state index contributed by atoms with van der Waals surface area (Å²) >= 11 is 0. The van der Waals surface area contributed by atoms with Gasteiger partial charge in [-0.2, -0.15) is 0 Å². The van der Waals surface area contributed by atoms with E-state index in [9.17, 15) is 4.79 Å². The summed E-state index contributed by atoms with van der Waals surface area (Å²) in [7, 11) is 3.70. The summed E-state index contributed by atoms with van der Waals surface area (Å²) in [5, 5.41) is 0. The maximum atomic E-state index is 12.5. The number of hydrogen-bond acceptors (Lipinski definition) is 3. The lowest BCUT2D eigenvalue weighted by Gasteiger charge is -2.31. The van der Waals surface area contributed by atoms with E-state index in [1.165, 1.54) is 5.56 Å². The second-order valence-corrected chi connectivity index (χ2v) is 5.73. The van der Waals surface area contributed by atoms with Crippen molar-refractivity contribution in [2.45, 2.75) is 32.6 Å². The minimum Gasteiger partial charge on any atom is -0.497 e. The van der Waals surface area contributed by atoms with Crippen molar-refractivity contribution in [1.82, 2.24) is 4.90 Å². The Labute approximate surface area is 127 Å². The largest absolute Gasteiger partial charge is 0.497 e. The summed E-state index contributed by atoms with van der Waals surface area (Å²) in [5.74, 6) is 1.06. The van der Waals surface area contributed by atoms with Crippen LogP contribution in [-0.4, -0.2) is 44.6 Å². The SMILES string of the molecule is CCCCN(C)CC(=O)N1CCCc2cc(OC)ccc21. The van der Waals surface area contributed by atoms with Gasteiger partial charge in [0, 0.05) is 12.2 Å². The number of carbonyl (C=O) groups excluding carboxylic acids is 1. The molecule has 0 fully saturated rings. The number of benzene rings is 1. The standard InChI is InChI=1S/C17H26N2O2/c1-4-5-10-18(2)13-17(20)19-11-6-7-14-12-15(21-3)8-9-16(14)19/h8-9,12H,4-7,10-11,13H2,1-3H3. The molecule has 0 spiro atoms. The van der Waals surface area contributed by atoms with Gasteiger partial charge >= 0.3 is 0 Å². The summed E-state index contributed by atoms with van der Waals surface area (Å²) in [5.41, 5.74) is 2.26. The number of methoxy groups -OCH3 is 1. The third-order valence-corrected chi connectivity index (χ3v) is 4.00. The molecule has 0 aliphatic carbocycles. The molecule has 1 aliphatic rings. The number of rotatable bonds is 6. The quantitative estimate of drug-likeness (QED) is 0.807. The molecule has 1 aromatic rings. The zero-order valence-electron chi connectivity index (χ0n) is 13.4. The highest BCUT2D eigenvalue weighted by Gasteiger charge is 2.23. The summed E-state index contributed by atoms with van der Waals surface area (Å²) in [6.07, 6.45) is 4.33. The Kier molecular flexibility index (Phi) is 5.62. The van der Waals surface area contributed by atoms with Gasteiger partial charge in [0.05, 0.1) is 13.7 Å². The van der Waals surface area contributed by atoms with Gasteiger partial charge < -0.3 is 9.64 Å². The fourth-order valence-electron chi connectivity index (χ4n) is 2.78. The minimum atomic E-state index is 0.194. The van der Waals surface area contributed by atoms with Crippen LogP contribution < -0.4 is 9.64 Å². The van der Waals surface area contributed by atoms with E-state index >= 15 is 0 Å². The summed E-state index contributed by atoms with van der Waals surface area (Å²) in [6.45, 7) is 4.46. The number of carbonyl (C=O) groups is 1. The molecule has 1 heterocycles. The molecule has 1 amide bonds. The lowest BCUT2D eigenvalue weighted by atomic mass is 10.0. The Balaban J connectivity index is 2.06. The van der Waals surface area contributed by atoms with Gasteiger partial charge in [0.2, 0.25) is 5.91 Å². The van der Waals surface area contributed by atoms with Gasteiger partial charge in [0.1, 0.15) is 5.75 Å².